The Balaban J connectivity index is 1.85. The van der Waals surface area contributed by atoms with Crippen molar-refractivity contribution in [3.63, 3.8) is 0 Å². The zero-order valence-corrected chi connectivity index (χ0v) is 22.4. The molecule has 1 N–H and O–H groups in total. The molecule has 2 amide bonds. The van der Waals surface area contributed by atoms with Crippen molar-refractivity contribution in [3.05, 3.63) is 59.7 Å². The standard InChI is InChI=1S/C27H37N3O5S/c1-20-10-14-24(15-11-20)30(36(4,33)34)19-26(31)29(18-22-12-16-25(35-3)17-13-22)21(2)27(32)28-23-8-6-5-7-9-23/h10-17,21,23H,5-9,18-19H2,1-4H3,(H,28,32)/t21-/m0/s1. The third-order valence-corrected chi connectivity index (χ3v) is 7.77. The highest BCUT2D eigenvalue weighted by atomic mass is 32.2. The van der Waals surface area contributed by atoms with E-state index in [4.69, 9.17) is 4.74 Å². The molecule has 0 spiro atoms. The molecule has 0 heterocycles. The van der Waals surface area contributed by atoms with E-state index in [-0.39, 0.29) is 18.5 Å². The predicted molar refractivity (Wildman–Crippen MR) is 141 cm³/mol. The number of hydrogen-bond donors (Lipinski definition) is 1. The fourth-order valence-electron chi connectivity index (χ4n) is 4.40. The molecule has 0 bridgehead atoms. The average molecular weight is 516 g/mol. The minimum atomic E-state index is -3.74. The van der Waals surface area contributed by atoms with Crippen LogP contribution >= 0.6 is 0 Å². The molecule has 2 aromatic carbocycles. The molecule has 2 aromatic rings. The van der Waals surface area contributed by atoms with Gasteiger partial charge in [0.25, 0.3) is 0 Å². The van der Waals surface area contributed by atoms with Crippen LogP contribution < -0.4 is 14.4 Å². The van der Waals surface area contributed by atoms with Crippen molar-refractivity contribution in [2.75, 3.05) is 24.2 Å². The lowest BCUT2D eigenvalue weighted by molar-refractivity contribution is -0.139. The highest BCUT2D eigenvalue weighted by Crippen LogP contribution is 2.21. The molecule has 0 radical (unpaired) electrons. The Morgan fingerprint density at radius 2 is 1.64 bits per heavy atom. The van der Waals surface area contributed by atoms with Crippen LogP contribution in [0, 0.1) is 6.92 Å². The van der Waals surface area contributed by atoms with Crippen LogP contribution in [0.15, 0.2) is 48.5 Å². The molecule has 9 heteroatoms. The lowest BCUT2D eigenvalue weighted by atomic mass is 9.95. The molecular weight excluding hydrogens is 478 g/mol. The molecule has 36 heavy (non-hydrogen) atoms. The molecule has 0 unspecified atom stereocenters. The number of aryl methyl sites for hydroxylation is 1. The second-order valence-corrected chi connectivity index (χ2v) is 11.4. The Morgan fingerprint density at radius 1 is 1.03 bits per heavy atom. The molecule has 0 aromatic heterocycles. The number of ether oxygens (including phenoxy) is 1. The maximum Gasteiger partial charge on any atom is 0.244 e. The maximum absolute atomic E-state index is 13.6. The lowest BCUT2D eigenvalue weighted by Gasteiger charge is -2.33. The van der Waals surface area contributed by atoms with Crippen LogP contribution in [-0.2, 0) is 26.2 Å². The first kappa shape index (κ1) is 27.5. The number of benzene rings is 2. The summed E-state index contributed by atoms with van der Waals surface area (Å²) in [7, 11) is -2.16. The molecule has 1 atom stereocenters. The molecule has 1 aliphatic carbocycles. The number of anilines is 1. The van der Waals surface area contributed by atoms with E-state index < -0.39 is 28.5 Å². The first-order valence-corrected chi connectivity index (χ1v) is 14.2. The van der Waals surface area contributed by atoms with Crippen molar-refractivity contribution in [3.8, 4) is 5.75 Å². The predicted octanol–water partition coefficient (Wildman–Crippen LogP) is 3.64. The summed E-state index contributed by atoms with van der Waals surface area (Å²) in [4.78, 5) is 28.3. The number of methoxy groups -OCH3 is 1. The van der Waals surface area contributed by atoms with E-state index in [1.54, 1.807) is 50.4 Å². The van der Waals surface area contributed by atoms with Gasteiger partial charge in [0, 0.05) is 12.6 Å². The number of amides is 2. The maximum atomic E-state index is 13.6. The van der Waals surface area contributed by atoms with Gasteiger partial charge in [0.15, 0.2) is 0 Å². The minimum absolute atomic E-state index is 0.103. The van der Waals surface area contributed by atoms with E-state index in [1.165, 1.54) is 11.3 Å². The van der Waals surface area contributed by atoms with E-state index in [1.807, 2.05) is 19.1 Å². The van der Waals surface area contributed by atoms with Gasteiger partial charge in [0.05, 0.1) is 19.1 Å². The van der Waals surface area contributed by atoms with Crippen molar-refractivity contribution >= 4 is 27.5 Å². The number of nitrogens with one attached hydrogen (secondary N) is 1. The van der Waals surface area contributed by atoms with Crippen LogP contribution in [0.1, 0.15) is 50.2 Å². The van der Waals surface area contributed by atoms with E-state index in [0.717, 1.165) is 47.4 Å². The van der Waals surface area contributed by atoms with Crippen molar-refractivity contribution in [1.29, 1.82) is 0 Å². The molecule has 1 aliphatic rings. The Morgan fingerprint density at radius 3 is 2.19 bits per heavy atom. The summed E-state index contributed by atoms with van der Waals surface area (Å²) < 4.78 is 31.6. The van der Waals surface area contributed by atoms with Gasteiger partial charge < -0.3 is 15.0 Å². The minimum Gasteiger partial charge on any atom is -0.497 e. The fraction of sp³-hybridized carbons (Fsp3) is 0.481. The fourth-order valence-corrected chi connectivity index (χ4v) is 5.25. The van der Waals surface area contributed by atoms with Crippen molar-refractivity contribution in [2.24, 2.45) is 0 Å². The molecule has 3 rings (SSSR count). The molecular formula is C27H37N3O5S. The van der Waals surface area contributed by atoms with Gasteiger partial charge in [-0.05, 0) is 56.5 Å². The molecule has 8 nitrogen and oxygen atoms in total. The Bertz CT molecular complexity index is 1130. The normalized spacial score (nSPS) is 15.1. The second-order valence-electron chi connectivity index (χ2n) is 9.49. The third kappa shape index (κ3) is 7.46. The number of nitrogens with zero attached hydrogens (tertiary/aromatic N) is 2. The van der Waals surface area contributed by atoms with Gasteiger partial charge in [0.2, 0.25) is 21.8 Å². The van der Waals surface area contributed by atoms with Crippen LogP contribution in [0.3, 0.4) is 0 Å². The molecule has 1 saturated carbocycles. The quantitative estimate of drug-likeness (QED) is 0.521. The lowest BCUT2D eigenvalue weighted by Crippen LogP contribution is -2.52. The summed E-state index contributed by atoms with van der Waals surface area (Å²) in [5, 5.41) is 3.09. The average Bonchev–Trinajstić information content (AvgIpc) is 2.86. The zero-order valence-electron chi connectivity index (χ0n) is 21.6. The van der Waals surface area contributed by atoms with Gasteiger partial charge in [0.1, 0.15) is 18.3 Å². The van der Waals surface area contributed by atoms with E-state index in [9.17, 15) is 18.0 Å². The number of hydrogen-bond acceptors (Lipinski definition) is 5. The van der Waals surface area contributed by atoms with Gasteiger partial charge in [-0.15, -0.1) is 0 Å². The van der Waals surface area contributed by atoms with Gasteiger partial charge in [-0.25, -0.2) is 8.42 Å². The van der Waals surface area contributed by atoms with Crippen LogP contribution in [0.5, 0.6) is 5.75 Å². The van der Waals surface area contributed by atoms with Gasteiger partial charge in [-0.3, -0.25) is 13.9 Å². The first-order chi connectivity index (χ1) is 17.1. The van der Waals surface area contributed by atoms with Gasteiger partial charge in [-0.1, -0.05) is 49.1 Å². The number of carbonyl (C=O) groups is 2. The summed E-state index contributed by atoms with van der Waals surface area (Å²) in [6.45, 7) is 3.35. The Hall–Kier alpha value is -3.07. The topological polar surface area (TPSA) is 96.0 Å². The zero-order chi connectivity index (χ0) is 26.3. The summed E-state index contributed by atoms with van der Waals surface area (Å²) in [5.74, 6) is -0.00421. The summed E-state index contributed by atoms with van der Waals surface area (Å²) in [5.41, 5.74) is 2.19. The van der Waals surface area contributed by atoms with E-state index in [2.05, 4.69) is 5.32 Å². The molecule has 196 valence electrons. The van der Waals surface area contributed by atoms with Crippen molar-refractivity contribution in [1.82, 2.24) is 10.2 Å². The van der Waals surface area contributed by atoms with Crippen molar-refractivity contribution < 1.29 is 22.7 Å². The first-order valence-electron chi connectivity index (χ1n) is 12.4. The van der Waals surface area contributed by atoms with Crippen LogP contribution in [0.4, 0.5) is 5.69 Å². The molecule has 1 fully saturated rings. The van der Waals surface area contributed by atoms with Gasteiger partial charge >= 0.3 is 0 Å². The highest BCUT2D eigenvalue weighted by Gasteiger charge is 2.31. The van der Waals surface area contributed by atoms with Gasteiger partial charge in [-0.2, -0.15) is 0 Å². The summed E-state index contributed by atoms with van der Waals surface area (Å²) in [6.07, 6.45) is 6.26. The smallest absolute Gasteiger partial charge is 0.244 e. The van der Waals surface area contributed by atoms with E-state index >= 15 is 0 Å². The van der Waals surface area contributed by atoms with Crippen LogP contribution in [0.25, 0.3) is 0 Å². The Labute approximate surface area is 214 Å². The summed E-state index contributed by atoms with van der Waals surface area (Å²) in [6, 6.07) is 13.5. The van der Waals surface area contributed by atoms with Crippen molar-refractivity contribution in [2.45, 2.75) is 64.6 Å². The number of carbonyl (C=O) groups excluding carboxylic acids is 2. The van der Waals surface area contributed by atoms with Crippen LogP contribution in [0.2, 0.25) is 0 Å². The largest absolute Gasteiger partial charge is 0.497 e. The van der Waals surface area contributed by atoms with Crippen LogP contribution in [-0.4, -0.2) is 57.1 Å². The monoisotopic (exact) mass is 515 g/mol. The SMILES string of the molecule is COc1ccc(CN(C(=O)CN(c2ccc(C)cc2)S(C)(=O)=O)[C@@H](C)C(=O)NC2CCCCC2)cc1. The summed E-state index contributed by atoms with van der Waals surface area (Å²) >= 11 is 0. The molecule has 0 saturated heterocycles. The third-order valence-electron chi connectivity index (χ3n) is 6.63. The second kappa shape index (κ2) is 12.3. The highest BCUT2D eigenvalue weighted by molar-refractivity contribution is 7.92. The van der Waals surface area contributed by atoms with E-state index in [0.29, 0.717) is 11.4 Å². The molecule has 0 aliphatic heterocycles. The number of sulfonamides is 1. The number of rotatable bonds is 10. The Kier molecular flexibility index (Phi) is 9.37.